The van der Waals surface area contributed by atoms with Gasteiger partial charge in [0.2, 0.25) is 0 Å². The molecule has 1 radical (unpaired) electrons. The molecule has 0 amide bonds. The van der Waals surface area contributed by atoms with Crippen LogP contribution < -0.4 is 0 Å². The summed E-state index contributed by atoms with van der Waals surface area (Å²) in [5.74, 6) is 0. The lowest BCUT2D eigenvalue weighted by atomic mass is 9.86. The van der Waals surface area contributed by atoms with Crippen molar-refractivity contribution < 1.29 is 45.2 Å². The molecule has 7 N–H and O–H groups in total. The minimum absolute atomic E-state index is 0.308. The Morgan fingerprint density at radius 3 is 2.05 bits per heavy atom. The summed E-state index contributed by atoms with van der Waals surface area (Å²) in [5.41, 5.74) is 0. The average molecular weight is 309 g/mol. The summed E-state index contributed by atoms with van der Waals surface area (Å²) < 4.78 is 10.5. The zero-order valence-electron chi connectivity index (χ0n) is 11.4. The summed E-state index contributed by atoms with van der Waals surface area (Å²) in [4.78, 5) is 0. The van der Waals surface area contributed by atoms with Crippen LogP contribution in [0.2, 0.25) is 0 Å². The Hall–Kier alpha value is -0.360. The number of hydrogen-bond acceptors (Lipinski definition) is 9. The zero-order valence-corrected chi connectivity index (χ0v) is 11.4. The van der Waals surface area contributed by atoms with Gasteiger partial charge in [0.05, 0.1) is 12.7 Å². The van der Waals surface area contributed by atoms with Gasteiger partial charge < -0.3 is 45.2 Å². The molecule has 2 saturated heterocycles. The lowest BCUT2D eigenvalue weighted by molar-refractivity contribution is -0.262. The van der Waals surface area contributed by atoms with Crippen LogP contribution >= 0.6 is 0 Å². The first-order chi connectivity index (χ1) is 9.79. The predicted molar refractivity (Wildman–Crippen MR) is 65.6 cm³/mol. The van der Waals surface area contributed by atoms with Gasteiger partial charge in [0, 0.05) is 0 Å². The van der Waals surface area contributed by atoms with Crippen LogP contribution in [0.4, 0.5) is 0 Å². The summed E-state index contributed by atoms with van der Waals surface area (Å²) in [5, 5.41) is 67.8. The number of aliphatic hydroxyl groups excluding tert-OH is 7. The van der Waals surface area contributed by atoms with Crippen molar-refractivity contribution in [1.82, 2.24) is 0 Å². The predicted octanol–water partition coefficient (Wildman–Crippen LogP) is -4.14. The van der Waals surface area contributed by atoms with E-state index in [9.17, 15) is 30.6 Å². The fourth-order valence-corrected chi connectivity index (χ4v) is 2.56. The maximum atomic E-state index is 9.95. The molecule has 2 aliphatic rings. The second kappa shape index (κ2) is 6.41. The van der Waals surface area contributed by atoms with Gasteiger partial charge in [0.15, 0.2) is 6.10 Å². The molecular formula is C12H21O9. The molecule has 0 aromatic carbocycles. The van der Waals surface area contributed by atoms with Crippen molar-refractivity contribution in [2.45, 2.75) is 61.9 Å². The molecule has 9 nitrogen and oxygen atoms in total. The van der Waals surface area contributed by atoms with E-state index in [2.05, 4.69) is 0 Å². The second-order valence-electron chi connectivity index (χ2n) is 5.40. The highest BCUT2D eigenvalue weighted by atomic mass is 16.6. The Bertz CT molecular complexity index is 352. The summed E-state index contributed by atoms with van der Waals surface area (Å²) in [6, 6.07) is 0. The fraction of sp³-hybridized carbons (Fsp3) is 0.917. The van der Waals surface area contributed by atoms with Crippen molar-refractivity contribution in [3.05, 3.63) is 6.10 Å². The van der Waals surface area contributed by atoms with Gasteiger partial charge in [0.25, 0.3) is 0 Å². The lowest BCUT2D eigenvalue weighted by Gasteiger charge is -2.47. The topological polar surface area (TPSA) is 160 Å². The molecule has 0 bridgehead atoms. The third-order valence-corrected chi connectivity index (χ3v) is 3.95. The summed E-state index contributed by atoms with van der Waals surface area (Å²) in [6.45, 7) is 0.829. The highest BCUT2D eigenvalue weighted by molar-refractivity contribution is 5.11. The van der Waals surface area contributed by atoms with Gasteiger partial charge in [-0.05, 0) is 6.92 Å². The lowest BCUT2D eigenvalue weighted by Crippen LogP contribution is -2.64. The minimum Gasteiger partial charge on any atom is -0.394 e. The molecular weight excluding hydrogens is 288 g/mol. The smallest absolute Gasteiger partial charge is 0.160 e. The van der Waals surface area contributed by atoms with Crippen LogP contribution in [0, 0.1) is 6.10 Å². The van der Waals surface area contributed by atoms with E-state index in [-0.39, 0.29) is 6.10 Å². The van der Waals surface area contributed by atoms with Crippen molar-refractivity contribution in [2.75, 3.05) is 6.61 Å². The van der Waals surface area contributed by atoms with Crippen LogP contribution in [0.5, 0.6) is 0 Å². The van der Waals surface area contributed by atoms with E-state index in [0.717, 1.165) is 0 Å². The van der Waals surface area contributed by atoms with Gasteiger partial charge in [-0.2, -0.15) is 0 Å². The first kappa shape index (κ1) is 17.0. The Morgan fingerprint density at radius 2 is 1.48 bits per heavy atom. The monoisotopic (exact) mass is 309 g/mol. The van der Waals surface area contributed by atoms with Crippen LogP contribution in [-0.2, 0) is 9.47 Å². The Labute approximate surface area is 121 Å². The number of aliphatic hydroxyl groups is 7. The van der Waals surface area contributed by atoms with Crippen molar-refractivity contribution in [2.24, 2.45) is 0 Å². The molecule has 0 aromatic rings. The highest BCUT2D eigenvalue weighted by Gasteiger charge is 2.53. The first-order valence-corrected chi connectivity index (χ1v) is 6.67. The molecule has 0 saturated carbocycles. The molecule has 0 spiro atoms. The summed E-state index contributed by atoms with van der Waals surface area (Å²) >= 11 is 0. The maximum Gasteiger partial charge on any atom is 0.160 e. The van der Waals surface area contributed by atoms with Crippen LogP contribution in [0.25, 0.3) is 0 Å². The molecule has 2 aliphatic heterocycles. The Kier molecular flexibility index (Phi) is 5.19. The van der Waals surface area contributed by atoms with E-state index in [1.54, 1.807) is 0 Å². The number of hydrogen-bond donors (Lipinski definition) is 7. The molecule has 2 rings (SSSR count). The third kappa shape index (κ3) is 2.93. The van der Waals surface area contributed by atoms with Crippen LogP contribution in [0.15, 0.2) is 0 Å². The molecule has 9 heteroatoms. The van der Waals surface area contributed by atoms with Crippen LogP contribution in [0.3, 0.4) is 0 Å². The average Bonchev–Trinajstić information content (AvgIpc) is 2.47. The SMILES string of the molecule is C[C@H]1OC([C]2O[C@H](CO)[C@H](O)[C@H](O)[C@H]2O)[C@@H](O)[C@@H](O)[C@@H]1O. The van der Waals surface area contributed by atoms with Gasteiger partial charge >= 0.3 is 0 Å². The third-order valence-electron chi connectivity index (χ3n) is 3.95. The minimum atomic E-state index is -1.67. The zero-order chi connectivity index (χ0) is 15.9. The standard InChI is InChI=1S/C12H21O9/c1-3-5(14)7(16)9(18)11(20-3)12-10(19)8(17)6(15)4(2-13)21-12/h3-11,13-19H,2H2,1H3/t3-,4-,5-,6+,7+,8+,9+,10-,11?/m1/s1. The van der Waals surface area contributed by atoms with Crippen molar-refractivity contribution in [3.63, 3.8) is 0 Å². The van der Waals surface area contributed by atoms with E-state index < -0.39 is 61.5 Å². The molecule has 123 valence electrons. The van der Waals surface area contributed by atoms with Crippen LogP contribution in [-0.4, -0.2) is 97.3 Å². The highest BCUT2D eigenvalue weighted by Crippen LogP contribution is 2.35. The fourth-order valence-electron chi connectivity index (χ4n) is 2.56. The molecule has 21 heavy (non-hydrogen) atoms. The Morgan fingerprint density at radius 1 is 0.857 bits per heavy atom. The second-order valence-corrected chi connectivity index (χ2v) is 5.40. The van der Waals surface area contributed by atoms with Gasteiger partial charge in [-0.15, -0.1) is 0 Å². The normalized spacial score (nSPS) is 52.9. The van der Waals surface area contributed by atoms with E-state index in [4.69, 9.17) is 14.6 Å². The molecule has 2 heterocycles. The number of rotatable bonds is 2. The molecule has 0 aromatic heterocycles. The van der Waals surface area contributed by atoms with E-state index >= 15 is 0 Å². The van der Waals surface area contributed by atoms with Crippen molar-refractivity contribution in [3.8, 4) is 0 Å². The van der Waals surface area contributed by atoms with E-state index in [0.29, 0.717) is 0 Å². The quantitative estimate of drug-likeness (QED) is 0.269. The van der Waals surface area contributed by atoms with Crippen molar-refractivity contribution >= 4 is 0 Å². The van der Waals surface area contributed by atoms with Crippen molar-refractivity contribution in [1.29, 1.82) is 0 Å². The molecule has 1 unspecified atom stereocenters. The molecule has 0 aliphatic carbocycles. The maximum absolute atomic E-state index is 9.95. The summed E-state index contributed by atoms with van der Waals surface area (Å²) in [6.07, 6.45) is -12.9. The van der Waals surface area contributed by atoms with E-state index in [1.165, 1.54) is 6.92 Å². The first-order valence-electron chi connectivity index (χ1n) is 6.67. The number of ether oxygens (including phenoxy) is 2. The molecule has 2 fully saturated rings. The van der Waals surface area contributed by atoms with Gasteiger partial charge in [-0.25, -0.2) is 0 Å². The van der Waals surface area contributed by atoms with Crippen LogP contribution in [0.1, 0.15) is 6.92 Å². The van der Waals surface area contributed by atoms with Gasteiger partial charge in [-0.3, -0.25) is 0 Å². The summed E-state index contributed by atoms with van der Waals surface area (Å²) in [7, 11) is 0. The Balaban J connectivity index is 2.19. The molecule has 9 atom stereocenters. The van der Waals surface area contributed by atoms with E-state index in [1.807, 2.05) is 0 Å². The van der Waals surface area contributed by atoms with Gasteiger partial charge in [0.1, 0.15) is 48.8 Å². The van der Waals surface area contributed by atoms with Gasteiger partial charge in [-0.1, -0.05) is 0 Å². The largest absolute Gasteiger partial charge is 0.394 e.